The molecular weight excluding hydrogens is 252 g/mol. The summed E-state index contributed by atoms with van der Waals surface area (Å²) in [6.45, 7) is 4.66. The third-order valence-corrected chi connectivity index (χ3v) is 3.85. The van der Waals surface area contributed by atoms with Crippen molar-refractivity contribution in [1.82, 2.24) is 20.1 Å². The van der Waals surface area contributed by atoms with Gasteiger partial charge >= 0.3 is 0 Å². The van der Waals surface area contributed by atoms with Crippen LogP contribution in [0.1, 0.15) is 46.5 Å². The number of hydrogen-bond acceptors (Lipinski definition) is 3. The molecule has 104 valence electrons. The molecule has 0 radical (unpaired) electrons. The lowest BCUT2D eigenvalue weighted by molar-refractivity contribution is 0.0723. The Balaban J connectivity index is 1.90. The molecule has 1 saturated heterocycles. The number of carbonyl (C=O) groups excluding carboxylic acids is 1. The Labute approximate surface area is 118 Å². The SMILES string of the molecule is Cc1nc(C(=O)N2CCCC2c2ccccc2C)n[nH]1. The van der Waals surface area contributed by atoms with E-state index in [0.717, 1.165) is 19.4 Å². The summed E-state index contributed by atoms with van der Waals surface area (Å²) >= 11 is 0. The van der Waals surface area contributed by atoms with Crippen LogP contribution < -0.4 is 0 Å². The quantitative estimate of drug-likeness (QED) is 0.911. The van der Waals surface area contributed by atoms with Crippen LogP contribution in [0.4, 0.5) is 0 Å². The van der Waals surface area contributed by atoms with Crippen LogP contribution in [0.5, 0.6) is 0 Å². The molecule has 0 saturated carbocycles. The Hall–Kier alpha value is -2.17. The molecule has 0 bridgehead atoms. The fraction of sp³-hybridized carbons (Fsp3) is 0.400. The van der Waals surface area contributed by atoms with E-state index < -0.39 is 0 Å². The molecule has 1 N–H and O–H groups in total. The van der Waals surface area contributed by atoms with Crippen LogP contribution in [0, 0.1) is 13.8 Å². The zero-order chi connectivity index (χ0) is 14.1. The van der Waals surface area contributed by atoms with Gasteiger partial charge < -0.3 is 4.90 Å². The van der Waals surface area contributed by atoms with Crippen LogP contribution in [0.25, 0.3) is 0 Å². The van der Waals surface area contributed by atoms with Gasteiger partial charge in [0.05, 0.1) is 6.04 Å². The second kappa shape index (κ2) is 5.07. The molecule has 1 aromatic heterocycles. The predicted octanol–water partition coefficient (Wildman–Crippen LogP) is 2.40. The van der Waals surface area contributed by atoms with Crippen LogP contribution in [0.2, 0.25) is 0 Å². The fourth-order valence-electron chi connectivity index (χ4n) is 2.86. The van der Waals surface area contributed by atoms with E-state index in [0.29, 0.717) is 5.82 Å². The number of nitrogens with one attached hydrogen (secondary N) is 1. The number of likely N-dealkylation sites (tertiary alicyclic amines) is 1. The Bertz CT molecular complexity index is 634. The number of aryl methyl sites for hydroxylation is 2. The van der Waals surface area contributed by atoms with Crippen LogP contribution in [0.15, 0.2) is 24.3 Å². The van der Waals surface area contributed by atoms with E-state index in [2.05, 4.69) is 34.2 Å². The summed E-state index contributed by atoms with van der Waals surface area (Å²) < 4.78 is 0. The molecule has 1 aromatic carbocycles. The van der Waals surface area contributed by atoms with Crippen LogP contribution in [-0.2, 0) is 0 Å². The van der Waals surface area contributed by atoms with Gasteiger partial charge in [-0.1, -0.05) is 24.3 Å². The van der Waals surface area contributed by atoms with Gasteiger partial charge in [-0.2, -0.15) is 0 Å². The monoisotopic (exact) mass is 270 g/mol. The Morgan fingerprint density at radius 2 is 2.15 bits per heavy atom. The van der Waals surface area contributed by atoms with Crippen molar-refractivity contribution in [3.05, 3.63) is 47.0 Å². The van der Waals surface area contributed by atoms with E-state index in [-0.39, 0.29) is 17.8 Å². The van der Waals surface area contributed by atoms with Crippen molar-refractivity contribution in [2.24, 2.45) is 0 Å². The molecule has 20 heavy (non-hydrogen) atoms. The van der Waals surface area contributed by atoms with Gasteiger partial charge in [-0.3, -0.25) is 9.89 Å². The van der Waals surface area contributed by atoms with Gasteiger partial charge in [0.1, 0.15) is 5.82 Å². The lowest BCUT2D eigenvalue weighted by Crippen LogP contribution is -2.31. The van der Waals surface area contributed by atoms with Crippen LogP contribution in [0.3, 0.4) is 0 Å². The second-order valence-electron chi connectivity index (χ2n) is 5.26. The molecule has 5 nitrogen and oxygen atoms in total. The van der Waals surface area contributed by atoms with Gasteiger partial charge in [0.2, 0.25) is 5.82 Å². The van der Waals surface area contributed by atoms with Gasteiger partial charge in [-0.15, -0.1) is 5.10 Å². The number of amides is 1. The van der Waals surface area contributed by atoms with Gasteiger partial charge in [-0.25, -0.2) is 4.98 Å². The Morgan fingerprint density at radius 1 is 1.35 bits per heavy atom. The van der Waals surface area contributed by atoms with Gasteiger partial charge in [0.15, 0.2) is 0 Å². The number of carbonyl (C=O) groups is 1. The smallest absolute Gasteiger partial charge is 0.294 e. The predicted molar refractivity (Wildman–Crippen MR) is 75.3 cm³/mol. The highest BCUT2D eigenvalue weighted by Crippen LogP contribution is 2.34. The van der Waals surface area contributed by atoms with E-state index >= 15 is 0 Å². The minimum absolute atomic E-state index is 0.0832. The average molecular weight is 270 g/mol. The number of aromatic amines is 1. The van der Waals surface area contributed by atoms with E-state index in [1.807, 2.05) is 17.0 Å². The number of hydrogen-bond donors (Lipinski definition) is 1. The highest BCUT2D eigenvalue weighted by molar-refractivity contribution is 5.91. The third-order valence-electron chi connectivity index (χ3n) is 3.85. The lowest BCUT2D eigenvalue weighted by atomic mass is 9.99. The second-order valence-corrected chi connectivity index (χ2v) is 5.26. The number of nitrogens with zero attached hydrogens (tertiary/aromatic N) is 3. The largest absolute Gasteiger partial charge is 0.329 e. The maximum absolute atomic E-state index is 12.5. The maximum atomic E-state index is 12.5. The van der Waals surface area contributed by atoms with Crippen molar-refractivity contribution >= 4 is 5.91 Å². The minimum atomic E-state index is -0.0832. The molecule has 5 heteroatoms. The number of benzene rings is 1. The normalized spacial score (nSPS) is 18.5. The fourth-order valence-corrected chi connectivity index (χ4v) is 2.86. The molecule has 0 aliphatic carbocycles. The molecule has 0 spiro atoms. The highest BCUT2D eigenvalue weighted by atomic mass is 16.2. The van der Waals surface area contributed by atoms with E-state index in [9.17, 15) is 4.79 Å². The molecule has 1 fully saturated rings. The van der Waals surface area contributed by atoms with Crippen molar-refractivity contribution in [2.75, 3.05) is 6.54 Å². The molecule has 1 aliphatic rings. The first kappa shape index (κ1) is 12.8. The van der Waals surface area contributed by atoms with Gasteiger partial charge in [0.25, 0.3) is 5.91 Å². The lowest BCUT2D eigenvalue weighted by Gasteiger charge is -2.25. The summed E-state index contributed by atoms with van der Waals surface area (Å²) in [4.78, 5) is 18.6. The molecule has 1 amide bonds. The van der Waals surface area contributed by atoms with Gasteiger partial charge in [-0.05, 0) is 37.8 Å². The molecule has 1 unspecified atom stereocenters. The summed E-state index contributed by atoms with van der Waals surface area (Å²) in [5, 5.41) is 6.71. The maximum Gasteiger partial charge on any atom is 0.294 e. The summed E-state index contributed by atoms with van der Waals surface area (Å²) in [5.74, 6) is 0.850. The molecule has 2 aromatic rings. The standard InChI is InChI=1S/C15H18N4O/c1-10-6-3-4-7-12(10)13-8-5-9-19(13)15(20)14-16-11(2)17-18-14/h3-4,6-7,13H,5,8-9H2,1-2H3,(H,16,17,18). The first-order chi connectivity index (χ1) is 9.66. The van der Waals surface area contributed by atoms with E-state index in [1.54, 1.807) is 6.92 Å². The highest BCUT2D eigenvalue weighted by Gasteiger charge is 2.32. The van der Waals surface area contributed by atoms with E-state index in [1.165, 1.54) is 11.1 Å². The summed E-state index contributed by atoms with van der Waals surface area (Å²) in [6.07, 6.45) is 2.02. The van der Waals surface area contributed by atoms with Crippen LogP contribution in [-0.4, -0.2) is 32.5 Å². The number of H-pyrrole nitrogens is 1. The zero-order valence-electron chi connectivity index (χ0n) is 11.8. The van der Waals surface area contributed by atoms with Crippen molar-refractivity contribution in [3.63, 3.8) is 0 Å². The van der Waals surface area contributed by atoms with Crippen molar-refractivity contribution in [3.8, 4) is 0 Å². The summed E-state index contributed by atoms with van der Waals surface area (Å²) in [7, 11) is 0. The van der Waals surface area contributed by atoms with Crippen molar-refractivity contribution < 1.29 is 4.79 Å². The van der Waals surface area contributed by atoms with Crippen LogP contribution >= 0.6 is 0 Å². The Morgan fingerprint density at radius 3 is 2.85 bits per heavy atom. The first-order valence-corrected chi connectivity index (χ1v) is 6.92. The summed E-state index contributed by atoms with van der Waals surface area (Å²) in [5.41, 5.74) is 2.45. The number of rotatable bonds is 2. The molecular formula is C15H18N4O. The van der Waals surface area contributed by atoms with Gasteiger partial charge in [0, 0.05) is 6.54 Å². The molecule has 1 aliphatic heterocycles. The minimum Gasteiger partial charge on any atom is -0.329 e. The first-order valence-electron chi connectivity index (χ1n) is 6.92. The third kappa shape index (κ3) is 2.19. The molecule has 1 atom stereocenters. The van der Waals surface area contributed by atoms with Crippen molar-refractivity contribution in [1.29, 1.82) is 0 Å². The molecule has 3 rings (SSSR count). The Kier molecular flexibility index (Phi) is 3.26. The topological polar surface area (TPSA) is 61.9 Å². The zero-order valence-corrected chi connectivity index (χ0v) is 11.8. The van der Waals surface area contributed by atoms with E-state index in [4.69, 9.17) is 0 Å². The van der Waals surface area contributed by atoms with Crippen molar-refractivity contribution in [2.45, 2.75) is 32.7 Å². The number of aromatic nitrogens is 3. The molecule has 2 heterocycles. The summed E-state index contributed by atoms with van der Waals surface area (Å²) in [6, 6.07) is 8.39. The average Bonchev–Trinajstić information content (AvgIpc) is 3.07.